The maximum Gasteiger partial charge on any atom is 0.322 e. The van der Waals surface area contributed by atoms with Crippen LogP contribution in [0.4, 0.5) is 16.3 Å². The molecular formula is C26H31Cl2N5O2. The van der Waals surface area contributed by atoms with Crippen molar-refractivity contribution in [3.63, 3.8) is 0 Å². The third-order valence-corrected chi connectivity index (χ3v) is 5.92. The average Bonchev–Trinajstić information content (AvgIpc) is 3.19. The first kappa shape index (κ1) is 26.6. The first-order valence-corrected chi connectivity index (χ1v) is 12.2. The second-order valence-electron chi connectivity index (χ2n) is 9.39. The van der Waals surface area contributed by atoms with Crippen LogP contribution in [0.5, 0.6) is 0 Å². The summed E-state index contributed by atoms with van der Waals surface area (Å²) in [6.45, 7) is 10.4. The first-order chi connectivity index (χ1) is 16.5. The topological polar surface area (TPSA) is 79.3 Å². The Morgan fingerprint density at radius 2 is 1.77 bits per heavy atom. The summed E-state index contributed by atoms with van der Waals surface area (Å²) in [5, 5.41) is 11.3. The Labute approximate surface area is 216 Å². The van der Waals surface area contributed by atoms with Gasteiger partial charge in [0.05, 0.1) is 22.1 Å². The molecule has 3 aromatic rings. The predicted octanol–water partition coefficient (Wildman–Crippen LogP) is 6.67. The summed E-state index contributed by atoms with van der Waals surface area (Å²) in [5.74, 6) is 0.220. The number of rotatable bonds is 7. The van der Waals surface area contributed by atoms with Gasteiger partial charge in [-0.1, -0.05) is 69.1 Å². The molecule has 1 aromatic heterocycles. The van der Waals surface area contributed by atoms with E-state index in [1.54, 1.807) is 22.9 Å². The number of carbonyl (C=O) groups is 2. The molecule has 0 aliphatic heterocycles. The van der Waals surface area contributed by atoms with Crippen molar-refractivity contribution in [2.45, 2.75) is 46.5 Å². The van der Waals surface area contributed by atoms with Crippen molar-refractivity contribution in [3.8, 4) is 5.69 Å². The zero-order valence-electron chi connectivity index (χ0n) is 20.7. The van der Waals surface area contributed by atoms with Crippen molar-refractivity contribution in [1.82, 2.24) is 14.7 Å². The number of hydrogen-bond donors (Lipinski definition) is 2. The number of halogens is 2. The van der Waals surface area contributed by atoms with Crippen molar-refractivity contribution in [1.29, 1.82) is 0 Å². The number of hydrogen-bond acceptors (Lipinski definition) is 3. The molecule has 0 unspecified atom stereocenters. The molecule has 9 heteroatoms. The lowest BCUT2D eigenvalue weighted by molar-refractivity contribution is -0.116. The smallest absolute Gasteiger partial charge is 0.315 e. The first-order valence-electron chi connectivity index (χ1n) is 11.5. The zero-order chi connectivity index (χ0) is 25.8. The van der Waals surface area contributed by atoms with Crippen LogP contribution in [0.2, 0.25) is 10.0 Å². The van der Waals surface area contributed by atoms with Crippen molar-refractivity contribution >= 4 is 46.6 Å². The summed E-state index contributed by atoms with van der Waals surface area (Å²) < 4.78 is 1.74. The fraction of sp³-hybridized carbons (Fsp3) is 0.346. The highest BCUT2D eigenvalue weighted by Crippen LogP contribution is 2.28. The van der Waals surface area contributed by atoms with Gasteiger partial charge in [-0.05, 0) is 43.2 Å². The maximum absolute atomic E-state index is 13.1. The molecule has 0 saturated heterocycles. The molecule has 0 radical (unpaired) electrons. The molecule has 35 heavy (non-hydrogen) atoms. The van der Waals surface area contributed by atoms with Gasteiger partial charge in [0, 0.05) is 23.0 Å². The fourth-order valence-corrected chi connectivity index (χ4v) is 3.94. The highest BCUT2D eigenvalue weighted by atomic mass is 35.5. The number of para-hydroxylation sites is 1. The van der Waals surface area contributed by atoms with Gasteiger partial charge in [-0.2, -0.15) is 5.10 Å². The van der Waals surface area contributed by atoms with Gasteiger partial charge in [-0.25, -0.2) is 9.48 Å². The quantitative estimate of drug-likeness (QED) is 0.368. The fourth-order valence-electron chi connectivity index (χ4n) is 3.48. The van der Waals surface area contributed by atoms with Gasteiger partial charge >= 0.3 is 6.03 Å². The molecule has 2 aromatic carbocycles. The molecule has 0 aliphatic rings. The summed E-state index contributed by atoms with van der Waals surface area (Å²) in [6, 6.07) is 14.1. The Hall–Kier alpha value is -3.03. The van der Waals surface area contributed by atoms with E-state index in [2.05, 4.69) is 31.4 Å². The second-order valence-corrected chi connectivity index (χ2v) is 10.2. The van der Waals surface area contributed by atoms with Crippen molar-refractivity contribution in [2.24, 2.45) is 0 Å². The van der Waals surface area contributed by atoms with E-state index in [-0.39, 0.29) is 17.9 Å². The molecule has 0 fully saturated rings. The third-order valence-electron chi connectivity index (χ3n) is 5.38. The Bertz CT molecular complexity index is 1220. The molecule has 3 rings (SSSR count). The van der Waals surface area contributed by atoms with Crippen LogP contribution in [0.1, 0.15) is 45.4 Å². The molecule has 0 atom stereocenters. The zero-order valence-corrected chi connectivity index (χ0v) is 22.2. The molecule has 0 aliphatic carbocycles. The Kier molecular flexibility index (Phi) is 8.46. The van der Waals surface area contributed by atoms with E-state index in [1.165, 1.54) is 4.90 Å². The van der Waals surface area contributed by atoms with Crippen molar-refractivity contribution < 1.29 is 9.59 Å². The van der Waals surface area contributed by atoms with Gasteiger partial charge in [-0.3, -0.25) is 4.79 Å². The summed E-state index contributed by atoms with van der Waals surface area (Å²) >= 11 is 12.1. The Morgan fingerprint density at radius 1 is 1.06 bits per heavy atom. The van der Waals surface area contributed by atoms with Crippen molar-refractivity contribution in [3.05, 3.63) is 69.8 Å². The number of amides is 3. The number of aromatic nitrogens is 2. The number of urea groups is 1. The van der Waals surface area contributed by atoms with E-state index in [0.717, 1.165) is 16.9 Å². The molecular weight excluding hydrogens is 485 g/mol. The average molecular weight is 516 g/mol. The van der Waals surface area contributed by atoms with Crippen LogP contribution in [0.15, 0.2) is 48.5 Å². The van der Waals surface area contributed by atoms with Crippen LogP contribution in [0, 0.1) is 6.92 Å². The second kappa shape index (κ2) is 11.1. The number of aryl methyl sites for hydroxylation is 1. The van der Waals surface area contributed by atoms with E-state index >= 15 is 0 Å². The summed E-state index contributed by atoms with van der Waals surface area (Å²) in [7, 11) is 0. The molecule has 1 heterocycles. The largest absolute Gasteiger partial charge is 0.322 e. The summed E-state index contributed by atoms with van der Waals surface area (Å²) in [6.07, 6.45) is 0.685. The molecule has 7 nitrogen and oxygen atoms in total. The van der Waals surface area contributed by atoms with Gasteiger partial charge in [0.15, 0.2) is 0 Å². The minimum absolute atomic E-state index is 0.130. The lowest BCUT2D eigenvalue weighted by atomic mass is 9.92. The standard InChI is InChI=1S/C26H31Cl2N5O2/c1-6-13-32(25(35)29-20-12-11-18(27)14-19(20)28)16-24(34)30-23-15-22(26(3,4)5)31-33(23)21-10-8-7-9-17(21)2/h7-12,14-15H,6,13,16H2,1-5H3,(H,29,35)(H,30,34). The monoisotopic (exact) mass is 515 g/mol. The van der Waals surface area contributed by atoms with E-state index < -0.39 is 6.03 Å². The number of carbonyl (C=O) groups excluding carboxylic acids is 2. The lowest BCUT2D eigenvalue weighted by Gasteiger charge is -2.22. The Balaban J connectivity index is 1.81. The summed E-state index contributed by atoms with van der Waals surface area (Å²) in [4.78, 5) is 27.4. The van der Waals surface area contributed by atoms with E-state index in [1.807, 2.05) is 44.2 Å². The number of benzene rings is 2. The van der Waals surface area contributed by atoms with Gasteiger partial charge < -0.3 is 15.5 Å². The van der Waals surface area contributed by atoms with E-state index in [0.29, 0.717) is 34.5 Å². The minimum Gasteiger partial charge on any atom is -0.315 e. The molecule has 0 spiro atoms. The normalized spacial score (nSPS) is 11.3. The Morgan fingerprint density at radius 3 is 2.40 bits per heavy atom. The molecule has 0 bridgehead atoms. The van der Waals surface area contributed by atoms with Crippen LogP contribution in [0.25, 0.3) is 5.69 Å². The van der Waals surface area contributed by atoms with Crippen LogP contribution >= 0.6 is 23.2 Å². The molecule has 3 amide bonds. The number of nitrogens with zero attached hydrogens (tertiary/aromatic N) is 3. The number of nitrogens with one attached hydrogen (secondary N) is 2. The maximum atomic E-state index is 13.1. The van der Waals surface area contributed by atoms with Crippen LogP contribution < -0.4 is 10.6 Å². The highest BCUT2D eigenvalue weighted by Gasteiger charge is 2.23. The van der Waals surface area contributed by atoms with Gasteiger partial charge in [-0.15, -0.1) is 0 Å². The minimum atomic E-state index is -0.422. The van der Waals surface area contributed by atoms with Gasteiger partial charge in [0.2, 0.25) is 5.91 Å². The number of anilines is 2. The third kappa shape index (κ3) is 6.77. The van der Waals surface area contributed by atoms with Gasteiger partial charge in [0.1, 0.15) is 12.4 Å². The lowest BCUT2D eigenvalue weighted by Crippen LogP contribution is -2.41. The van der Waals surface area contributed by atoms with Crippen molar-refractivity contribution in [2.75, 3.05) is 23.7 Å². The molecule has 186 valence electrons. The SMILES string of the molecule is CCCN(CC(=O)Nc1cc(C(C)(C)C)nn1-c1ccccc1C)C(=O)Nc1ccc(Cl)cc1Cl. The summed E-state index contributed by atoms with van der Waals surface area (Å²) in [5.41, 5.74) is 2.96. The van der Waals surface area contributed by atoms with Gasteiger partial charge in [0.25, 0.3) is 0 Å². The van der Waals surface area contributed by atoms with E-state index in [9.17, 15) is 9.59 Å². The van der Waals surface area contributed by atoms with Crippen LogP contribution in [-0.4, -0.2) is 39.7 Å². The molecule has 0 saturated carbocycles. The van der Waals surface area contributed by atoms with E-state index in [4.69, 9.17) is 28.3 Å². The highest BCUT2D eigenvalue weighted by molar-refractivity contribution is 6.36. The predicted molar refractivity (Wildman–Crippen MR) is 143 cm³/mol. The molecule has 2 N–H and O–H groups in total. The van der Waals surface area contributed by atoms with Crippen LogP contribution in [-0.2, 0) is 10.2 Å². The van der Waals surface area contributed by atoms with Crippen LogP contribution in [0.3, 0.4) is 0 Å².